The van der Waals surface area contributed by atoms with Gasteiger partial charge in [0.05, 0.1) is 5.75 Å². The summed E-state index contributed by atoms with van der Waals surface area (Å²) in [5.74, 6) is 0.105. The van der Waals surface area contributed by atoms with Gasteiger partial charge in [0.2, 0.25) is 5.91 Å². The molecule has 2 N–H and O–H groups in total. The molecule has 0 atom stereocenters. The maximum Gasteiger partial charge on any atom is 0.277 e. The van der Waals surface area contributed by atoms with Crippen LogP contribution in [0.1, 0.15) is 5.69 Å². The van der Waals surface area contributed by atoms with Crippen LogP contribution in [0.3, 0.4) is 0 Å². The van der Waals surface area contributed by atoms with Crippen molar-refractivity contribution in [3.63, 3.8) is 0 Å². The van der Waals surface area contributed by atoms with Crippen molar-refractivity contribution < 1.29 is 9.21 Å². The number of hydrogen-bond acceptors (Lipinski definition) is 7. The summed E-state index contributed by atoms with van der Waals surface area (Å²) in [7, 11) is 1.89. The number of thiazole rings is 1. The molecule has 0 saturated carbocycles. The number of aromatic nitrogens is 3. The first-order valence-corrected chi connectivity index (χ1v) is 7.11. The normalized spacial score (nSPS) is 10.8. The summed E-state index contributed by atoms with van der Waals surface area (Å²) in [6, 6.07) is 0. The molecule has 0 fully saturated rings. The molecular weight excluding hydrogens is 292 g/mol. The van der Waals surface area contributed by atoms with Gasteiger partial charge in [-0.15, -0.1) is 10.2 Å². The highest BCUT2D eigenvalue weighted by Gasteiger charge is 2.15. The van der Waals surface area contributed by atoms with Gasteiger partial charge in [0, 0.05) is 12.7 Å². The second-order valence-electron chi connectivity index (χ2n) is 3.47. The maximum atomic E-state index is 10.6. The molecule has 1 amide bonds. The van der Waals surface area contributed by atoms with Crippen molar-refractivity contribution in [1.82, 2.24) is 14.8 Å². The number of primary amides is 1. The molecule has 2 heterocycles. The van der Waals surface area contributed by atoms with E-state index in [1.54, 1.807) is 0 Å². The number of rotatable bonds is 4. The molecular formula is C9H10N4O2S3. The molecule has 0 aliphatic rings. The Bertz CT molecular complexity index is 643. The third-order valence-corrected chi connectivity index (χ3v) is 4.72. The number of thioether (sulfide) groups is 1. The van der Waals surface area contributed by atoms with Gasteiger partial charge in [0.1, 0.15) is 4.88 Å². The third kappa shape index (κ3) is 2.62. The minimum Gasteiger partial charge on any atom is -0.410 e. The lowest BCUT2D eigenvalue weighted by Gasteiger charge is -1.95. The van der Waals surface area contributed by atoms with Gasteiger partial charge in [-0.3, -0.25) is 4.79 Å². The fourth-order valence-corrected chi connectivity index (χ4v) is 3.00. The Morgan fingerprint density at radius 3 is 2.89 bits per heavy atom. The van der Waals surface area contributed by atoms with Gasteiger partial charge in [0.15, 0.2) is 3.95 Å². The summed E-state index contributed by atoms with van der Waals surface area (Å²) in [6.45, 7) is 1.93. The summed E-state index contributed by atoms with van der Waals surface area (Å²) in [4.78, 5) is 11.5. The van der Waals surface area contributed by atoms with E-state index in [2.05, 4.69) is 10.2 Å². The molecule has 2 aromatic heterocycles. The van der Waals surface area contributed by atoms with Gasteiger partial charge in [0.25, 0.3) is 11.1 Å². The lowest BCUT2D eigenvalue weighted by Crippen LogP contribution is -2.12. The zero-order valence-electron chi connectivity index (χ0n) is 9.67. The quantitative estimate of drug-likeness (QED) is 0.684. The Morgan fingerprint density at radius 1 is 1.61 bits per heavy atom. The summed E-state index contributed by atoms with van der Waals surface area (Å²) >= 11 is 7.71. The van der Waals surface area contributed by atoms with Crippen molar-refractivity contribution in [2.24, 2.45) is 12.8 Å². The number of nitrogens with zero attached hydrogens (tertiary/aromatic N) is 3. The lowest BCUT2D eigenvalue weighted by atomic mass is 10.4. The predicted molar refractivity (Wildman–Crippen MR) is 72.1 cm³/mol. The maximum absolute atomic E-state index is 10.6. The van der Waals surface area contributed by atoms with Crippen LogP contribution in [-0.2, 0) is 11.8 Å². The molecule has 96 valence electrons. The molecule has 0 aliphatic heterocycles. The van der Waals surface area contributed by atoms with Gasteiger partial charge < -0.3 is 14.7 Å². The smallest absolute Gasteiger partial charge is 0.277 e. The molecule has 0 unspecified atom stereocenters. The first kappa shape index (κ1) is 13.2. The minimum absolute atomic E-state index is 0.116. The Hall–Kier alpha value is -1.19. The largest absolute Gasteiger partial charge is 0.410 e. The highest BCUT2D eigenvalue weighted by Crippen LogP contribution is 2.30. The van der Waals surface area contributed by atoms with Crippen molar-refractivity contribution in [3.8, 4) is 10.8 Å². The van der Waals surface area contributed by atoms with Gasteiger partial charge in [-0.1, -0.05) is 23.1 Å². The molecule has 0 spiro atoms. The molecule has 2 aromatic rings. The molecule has 0 saturated heterocycles. The monoisotopic (exact) mass is 302 g/mol. The third-order valence-electron chi connectivity index (χ3n) is 2.23. The summed E-state index contributed by atoms with van der Waals surface area (Å²) in [5, 5.41) is 8.11. The zero-order valence-corrected chi connectivity index (χ0v) is 12.1. The number of amides is 1. The van der Waals surface area contributed by atoms with E-state index in [4.69, 9.17) is 22.4 Å². The molecule has 0 aromatic carbocycles. The number of carbonyl (C=O) groups excluding carboxylic acids is 1. The summed E-state index contributed by atoms with van der Waals surface area (Å²) < 4.78 is 8.08. The molecule has 6 nitrogen and oxygen atoms in total. The van der Waals surface area contributed by atoms with Crippen molar-refractivity contribution in [1.29, 1.82) is 0 Å². The second-order valence-corrected chi connectivity index (χ2v) is 6.04. The van der Waals surface area contributed by atoms with E-state index in [1.165, 1.54) is 11.3 Å². The van der Waals surface area contributed by atoms with Crippen LogP contribution in [0.25, 0.3) is 10.8 Å². The Balaban J connectivity index is 2.26. The molecule has 0 aliphatic carbocycles. The standard InChI is InChI=1S/C9H10N4O2S3/c1-4-6(18-9(16)13(4)2)7-11-12-8(15-7)17-3-5(10)14/h3H2,1-2H3,(H2,10,14). The molecule has 2 rings (SSSR count). The fraction of sp³-hybridized carbons (Fsp3) is 0.333. The van der Waals surface area contributed by atoms with E-state index < -0.39 is 5.91 Å². The fourth-order valence-electron chi connectivity index (χ4n) is 1.21. The SMILES string of the molecule is Cc1c(-c2nnc(SCC(N)=O)o2)sc(=S)n1C. The average molecular weight is 302 g/mol. The van der Waals surface area contributed by atoms with E-state index in [0.717, 1.165) is 26.3 Å². The van der Waals surface area contributed by atoms with Crippen LogP contribution in [0.4, 0.5) is 0 Å². The number of nitrogens with two attached hydrogens (primary N) is 1. The van der Waals surface area contributed by atoms with Crippen LogP contribution < -0.4 is 5.73 Å². The first-order valence-electron chi connectivity index (χ1n) is 4.90. The van der Waals surface area contributed by atoms with Crippen molar-refractivity contribution >= 4 is 41.2 Å². The highest BCUT2D eigenvalue weighted by atomic mass is 32.2. The first-order chi connectivity index (χ1) is 8.49. The van der Waals surface area contributed by atoms with Crippen LogP contribution in [0.5, 0.6) is 0 Å². The van der Waals surface area contributed by atoms with Gasteiger partial charge >= 0.3 is 0 Å². The predicted octanol–water partition coefficient (Wildman–Crippen LogP) is 1.75. The summed E-state index contributed by atoms with van der Waals surface area (Å²) in [5.41, 5.74) is 6.01. The van der Waals surface area contributed by atoms with Crippen LogP contribution in [0.15, 0.2) is 9.64 Å². The molecule has 0 bridgehead atoms. The van der Waals surface area contributed by atoms with E-state index >= 15 is 0 Å². The van der Waals surface area contributed by atoms with Gasteiger partial charge in [-0.25, -0.2) is 0 Å². The van der Waals surface area contributed by atoms with Crippen LogP contribution in [-0.4, -0.2) is 26.4 Å². The highest BCUT2D eigenvalue weighted by molar-refractivity contribution is 7.99. The summed E-state index contributed by atoms with van der Waals surface area (Å²) in [6.07, 6.45) is 0. The number of hydrogen-bond donors (Lipinski definition) is 1. The van der Waals surface area contributed by atoms with Gasteiger partial charge in [-0.05, 0) is 19.1 Å². The topological polar surface area (TPSA) is 86.9 Å². The van der Waals surface area contributed by atoms with Crippen LogP contribution in [0, 0.1) is 10.9 Å². The second kappa shape index (κ2) is 5.21. The van der Waals surface area contributed by atoms with E-state index in [9.17, 15) is 4.79 Å². The van der Waals surface area contributed by atoms with E-state index in [1.807, 2.05) is 18.5 Å². The van der Waals surface area contributed by atoms with Crippen molar-refractivity contribution in [2.45, 2.75) is 12.1 Å². The minimum atomic E-state index is -0.425. The van der Waals surface area contributed by atoms with Crippen molar-refractivity contribution in [2.75, 3.05) is 5.75 Å². The Kier molecular flexibility index (Phi) is 3.83. The van der Waals surface area contributed by atoms with Gasteiger partial charge in [-0.2, -0.15) is 0 Å². The molecule has 0 radical (unpaired) electrons. The average Bonchev–Trinajstić information content (AvgIpc) is 2.87. The Morgan fingerprint density at radius 2 is 2.33 bits per heavy atom. The molecule has 18 heavy (non-hydrogen) atoms. The van der Waals surface area contributed by atoms with Crippen molar-refractivity contribution in [3.05, 3.63) is 9.65 Å². The number of carbonyl (C=O) groups is 1. The molecule has 9 heteroatoms. The van der Waals surface area contributed by atoms with Crippen LogP contribution >= 0.6 is 35.3 Å². The lowest BCUT2D eigenvalue weighted by molar-refractivity contribution is -0.115. The van der Waals surface area contributed by atoms with E-state index in [-0.39, 0.29) is 5.75 Å². The van der Waals surface area contributed by atoms with Crippen LogP contribution in [0.2, 0.25) is 0 Å². The zero-order chi connectivity index (χ0) is 13.3. The Labute approximate surface area is 116 Å². The van der Waals surface area contributed by atoms with E-state index in [0.29, 0.717) is 11.1 Å².